The Bertz CT molecular complexity index is 570. The van der Waals surface area contributed by atoms with E-state index < -0.39 is 0 Å². The van der Waals surface area contributed by atoms with Crippen molar-refractivity contribution in [3.05, 3.63) is 35.4 Å². The van der Waals surface area contributed by atoms with Crippen LogP contribution in [0.15, 0.2) is 24.3 Å². The van der Waals surface area contributed by atoms with Gasteiger partial charge in [-0.15, -0.1) is 0 Å². The molecule has 2 aliphatic heterocycles. The summed E-state index contributed by atoms with van der Waals surface area (Å²) in [7, 11) is 3.55. The molecule has 2 aliphatic rings. The van der Waals surface area contributed by atoms with Crippen molar-refractivity contribution in [3.63, 3.8) is 0 Å². The van der Waals surface area contributed by atoms with E-state index in [0.717, 1.165) is 51.3 Å². The molecule has 0 aliphatic carbocycles. The number of benzene rings is 1. The summed E-state index contributed by atoms with van der Waals surface area (Å²) in [5.74, 6) is -0.310. The molecule has 1 N–H and O–H groups in total. The minimum absolute atomic E-state index is 0.284. The zero-order valence-electron chi connectivity index (χ0n) is 15.2. The standard InChI is InChI=1S/C19H29N3O3/c1-20-9-11-22(12-10-20)17-7-8-21(14-18(17)23)13-15-3-5-16(6-4-15)19(24)25-2/h3-6,17-18,23H,7-14H2,1-2H3/t17-,18-/m1/s1. The van der Waals surface area contributed by atoms with Gasteiger partial charge in [-0.2, -0.15) is 0 Å². The summed E-state index contributed by atoms with van der Waals surface area (Å²) in [6.07, 6.45) is 0.706. The molecule has 6 nitrogen and oxygen atoms in total. The van der Waals surface area contributed by atoms with E-state index in [9.17, 15) is 9.90 Å². The number of hydrogen-bond donors (Lipinski definition) is 1. The molecule has 25 heavy (non-hydrogen) atoms. The van der Waals surface area contributed by atoms with E-state index in [0.29, 0.717) is 12.1 Å². The lowest BCUT2D eigenvalue weighted by atomic mass is 9.98. The summed E-state index contributed by atoms with van der Waals surface area (Å²) in [6.45, 7) is 6.76. The summed E-state index contributed by atoms with van der Waals surface area (Å²) in [5, 5.41) is 10.6. The molecule has 0 aromatic heterocycles. The molecule has 0 bridgehead atoms. The zero-order valence-corrected chi connectivity index (χ0v) is 15.2. The predicted octanol–water partition coefficient (Wildman–Crippen LogP) is 0.656. The van der Waals surface area contributed by atoms with Gasteiger partial charge in [-0.05, 0) is 31.2 Å². The van der Waals surface area contributed by atoms with Crippen LogP contribution in [-0.4, -0.2) is 91.3 Å². The molecule has 1 aromatic rings. The first-order valence-electron chi connectivity index (χ1n) is 9.07. The number of rotatable bonds is 4. The van der Waals surface area contributed by atoms with Gasteiger partial charge in [-0.25, -0.2) is 4.79 Å². The van der Waals surface area contributed by atoms with Gasteiger partial charge in [0, 0.05) is 51.9 Å². The van der Waals surface area contributed by atoms with Crippen LogP contribution in [0.1, 0.15) is 22.3 Å². The number of hydrogen-bond acceptors (Lipinski definition) is 6. The SMILES string of the molecule is COC(=O)c1ccc(CN2CC[C@@H](N3CCN(C)CC3)[C@H](O)C2)cc1. The van der Waals surface area contributed by atoms with E-state index in [1.165, 1.54) is 7.11 Å². The van der Waals surface area contributed by atoms with Gasteiger partial charge in [-0.1, -0.05) is 12.1 Å². The van der Waals surface area contributed by atoms with Gasteiger partial charge in [0.25, 0.3) is 0 Å². The predicted molar refractivity (Wildman–Crippen MR) is 96.5 cm³/mol. The highest BCUT2D eigenvalue weighted by Gasteiger charge is 2.33. The fourth-order valence-electron chi connectivity index (χ4n) is 3.83. The Kier molecular flexibility index (Phi) is 6.06. The van der Waals surface area contributed by atoms with Gasteiger partial charge in [-0.3, -0.25) is 9.80 Å². The highest BCUT2D eigenvalue weighted by atomic mass is 16.5. The van der Waals surface area contributed by atoms with Crippen molar-refractivity contribution in [2.24, 2.45) is 0 Å². The van der Waals surface area contributed by atoms with E-state index in [1.54, 1.807) is 12.1 Å². The number of methoxy groups -OCH3 is 1. The molecule has 2 heterocycles. The quantitative estimate of drug-likeness (QED) is 0.808. The monoisotopic (exact) mass is 347 g/mol. The van der Waals surface area contributed by atoms with E-state index in [2.05, 4.69) is 21.7 Å². The van der Waals surface area contributed by atoms with Crippen LogP contribution in [0.4, 0.5) is 0 Å². The van der Waals surface area contributed by atoms with Crippen molar-refractivity contribution in [2.45, 2.75) is 25.1 Å². The maximum absolute atomic E-state index is 11.5. The summed E-state index contributed by atoms with van der Waals surface area (Å²) in [5.41, 5.74) is 1.72. The van der Waals surface area contributed by atoms with Crippen molar-refractivity contribution in [3.8, 4) is 0 Å². The molecular formula is C19H29N3O3. The average Bonchev–Trinajstić information content (AvgIpc) is 2.63. The molecule has 0 spiro atoms. The highest BCUT2D eigenvalue weighted by Crippen LogP contribution is 2.20. The fraction of sp³-hybridized carbons (Fsp3) is 0.632. The van der Waals surface area contributed by atoms with Crippen LogP contribution in [0.3, 0.4) is 0 Å². The van der Waals surface area contributed by atoms with Crippen molar-refractivity contribution >= 4 is 5.97 Å². The molecule has 0 saturated carbocycles. The molecule has 2 atom stereocenters. The summed E-state index contributed by atoms with van der Waals surface area (Å²) < 4.78 is 4.73. The van der Waals surface area contributed by atoms with Crippen molar-refractivity contribution in [2.75, 3.05) is 53.4 Å². The van der Waals surface area contributed by atoms with Crippen molar-refractivity contribution in [1.82, 2.24) is 14.7 Å². The zero-order chi connectivity index (χ0) is 17.8. The first-order valence-corrected chi connectivity index (χ1v) is 9.07. The fourth-order valence-corrected chi connectivity index (χ4v) is 3.83. The van der Waals surface area contributed by atoms with Crippen molar-refractivity contribution < 1.29 is 14.6 Å². The van der Waals surface area contributed by atoms with Crippen LogP contribution in [0, 0.1) is 0 Å². The second kappa shape index (κ2) is 8.27. The maximum atomic E-state index is 11.5. The van der Waals surface area contributed by atoms with Gasteiger partial charge >= 0.3 is 5.97 Å². The number of β-amino-alcohol motifs (C(OH)–C–C–N with tert-alkyl or cyclic N) is 1. The summed E-state index contributed by atoms with van der Waals surface area (Å²) in [4.78, 5) is 18.6. The number of carbonyl (C=O) groups is 1. The molecular weight excluding hydrogens is 318 g/mol. The third-order valence-corrected chi connectivity index (χ3v) is 5.42. The second-order valence-corrected chi connectivity index (χ2v) is 7.19. The first kappa shape index (κ1) is 18.3. The third kappa shape index (κ3) is 4.58. The lowest BCUT2D eigenvalue weighted by molar-refractivity contribution is -0.0286. The molecule has 3 rings (SSSR count). The van der Waals surface area contributed by atoms with Gasteiger partial charge in [0.2, 0.25) is 0 Å². The summed E-state index contributed by atoms with van der Waals surface area (Å²) >= 11 is 0. The van der Waals surface area contributed by atoms with Crippen LogP contribution in [0.25, 0.3) is 0 Å². The van der Waals surface area contributed by atoms with E-state index in [-0.39, 0.29) is 18.1 Å². The second-order valence-electron chi connectivity index (χ2n) is 7.19. The van der Waals surface area contributed by atoms with Crippen LogP contribution < -0.4 is 0 Å². The van der Waals surface area contributed by atoms with E-state index >= 15 is 0 Å². The molecule has 2 saturated heterocycles. The number of aliphatic hydroxyl groups is 1. The van der Waals surface area contributed by atoms with Crippen LogP contribution >= 0.6 is 0 Å². The Labute approximate surface area is 150 Å². The normalized spacial score (nSPS) is 26.5. The molecule has 0 amide bonds. The molecule has 0 unspecified atom stereocenters. The third-order valence-electron chi connectivity index (χ3n) is 5.42. The Morgan fingerprint density at radius 1 is 1.16 bits per heavy atom. The number of ether oxygens (including phenoxy) is 1. The number of likely N-dealkylation sites (tertiary alicyclic amines) is 1. The Morgan fingerprint density at radius 3 is 2.44 bits per heavy atom. The minimum Gasteiger partial charge on any atom is -0.465 e. The average molecular weight is 347 g/mol. The first-order chi connectivity index (χ1) is 12.1. The van der Waals surface area contributed by atoms with Crippen LogP contribution in [0.5, 0.6) is 0 Å². The number of aliphatic hydroxyl groups excluding tert-OH is 1. The largest absolute Gasteiger partial charge is 0.465 e. The smallest absolute Gasteiger partial charge is 0.337 e. The molecule has 138 valence electrons. The highest BCUT2D eigenvalue weighted by molar-refractivity contribution is 5.89. The molecule has 2 fully saturated rings. The van der Waals surface area contributed by atoms with Crippen molar-refractivity contribution in [1.29, 1.82) is 0 Å². The van der Waals surface area contributed by atoms with E-state index in [1.807, 2.05) is 12.1 Å². The van der Waals surface area contributed by atoms with Gasteiger partial charge in [0.05, 0.1) is 18.8 Å². The number of esters is 1. The van der Waals surface area contributed by atoms with Gasteiger partial charge in [0.1, 0.15) is 0 Å². The number of likely N-dealkylation sites (N-methyl/N-ethyl adjacent to an activating group) is 1. The molecule has 0 radical (unpaired) electrons. The van der Waals surface area contributed by atoms with Crippen LogP contribution in [0.2, 0.25) is 0 Å². The Balaban J connectivity index is 1.52. The number of nitrogens with zero attached hydrogens (tertiary/aromatic N) is 3. The number of piperazine rings is 1. The van der Waals surface area contributed by atoms with E-state index in [4.69, 9.17) is 4.74 Å². The minimum atomic E-state index is -0.310. The Morgan fingerprint density at radius 2 is 1.84 bits per heavy atom. The number of piperidine rings is 1. The van der Waals surface area contributed by atoms with Gasteiger partial charge in [0.15, 0.2) is 0 Å². The van der Waals surface area contributed by atoms with Crippen LogP contribution in [-0.2, 0) is 11.3 Å². The Hall–Kier alpha value is -1.47. The molecule has 1 aromatic carbocycles. The lowest BCUT2D eigenvalue weighted by Crippen LogP contribution is -2.58. The number of carbonyl (C=O) groups excluding carboxylic acids is 1. The molecule has 6 heteroatoms. The topological polar surface area (TPSA) is 56.2 Å². The lowest BCUT2D eigenvalue weighted by Gasteiger charge is -2.44. The summed E-state index contributed by atoms with van der Waals surface area (Å²) in [6, 6.07) is 7.81. The maximum Gasteiger partial charge on any atom is 0.337 e. The van der Waals surface area contributed by atoms with Gasteiger partial charge < -0.3 is 14.7 Å².